The fraction of sp³-hybridized carbons (Fsp3) is 0.385. The predicted molar refractivity (Wildman–Crippen MR) is 89.2 cm³/mol. The lowest BCUT2D eigenvalue weighted by atomic mass is 10.0. The Kier molecular flexibility index (Phi) is 6.17. The summed E-state index contributed by atoms with van der Waals surface area (Å²) in [7, 11) is 0. The van der Waals surface area contributed by atoms with E-state index in [0.717, 1.165) is 37.0 Å². The number of hydrogen-bond donors (Lipinski definition) is 1. The van der Waals surface area contributed by atoms with Gasteiger partial charge in [0.2, 0.25) is 0 Å². The molecule has 1 aromatic heterocycles. The van der Waals surface area contributed by atoms with Gasteiger partial charge in [0.05, 0.1) is 0 Å². The molecule has 0 bridgehead atoms. The lowest BCUT2D eigenvalue weighted by Gasteiger charge is -2.13. The maximum Gasteiger partial charge on any atom is 0.179 e. The molecule has 1 atom stereocenters. The molecule has 7 heteroatoms. The third kappa shape index (κ3) is 4.11. The second-order valence-electron chi connectivity index (χ2n) is 4.23. The van der Waals surface area contributed by atoms with E-state index in [2.05, 4.69) is 23.2 Å². The highest BCUT2D eigenvalue weighted by molar-refractivity contribution is 8.03. The van der Waals surface area contributed by atoms with Crippen LogP contribution >= 0.6 is 46.5 Å². The van der Waals surface area contributed by atoms with Crippen LogP contribution < -0.4 is 5.73 Å². The molecule has 108 valence electrons. The van der Waals surface area contributed by atoms with E-state index in [-0.39, 0.29) is 6.04 Å². The molecule has 2 aromatic rings. The molecule has 2 N–H and O–H groups in total. The van der Waals surface area contributed by atoms with Crippen LogP contribution in [0.5, 0.6) is 0 Å². The molecule has 1 aromatic carbocycles. The zero-order chi connectivity index (χ0) is 14.5. The van der Waals surface area contributed by atoms with E-state index < -0.39 is 0 Å². The zero-order valence-corrected chi connectivity index (χ0v) is 14.5. The first-order valence-electron chi connectivity index (χ1n) is 6.22. The summed E-state index contributed by atoms with van der Waals surface area (Å²) in [5, 5.41) is 9.07. The Hall–Kier alpha value is -0.270. The summed E-state index contributed by atoms with van der Waals surface area (Å²) >= 11 is 11.1. The summed E-state index contributed by atoms with van der Waals surface area (Å²) in [6, 6.07) is 6.07. The molecule has 0 saturated heterocycles. The number of hydrogen-bond acceptors (Lipinski definition) is 6. The second kappa shape index (κ2) is 7.66. The van der Waals surface area contributed by atoms with Crippen LogP contribution in [0.3, 0.4) is 0 Å². The Labute approximate surface area is 136 Å². The van der Waals surface area contributed by atoms with Crippen molar-refractivity contribution in [2.75, 3.05) is 6.26 Å². The van der Waals surface area contributed by atoms with Crippen molar-refractivity contribution in [3.8, 4) is 0 Å². The fourth-order valence-corrected chi connectivity index (χ4v) is 4.53. The minimum atomic E-state index is 0.130. The molecular weight excluding hydrogens is 330 g/mol. The largest absolute Gasteiger partial charge is 0.327 e. The Morgan fingerprint density at radius 2 is 2.10 bits per heavy atom. The number of nitrogens with zero attached hydrogens (tertiary/aromatic N) is 2. The first kappa shape index (κ1) is 16.1. The predicted octanol–water partition coefficient (Wildman–Crippen LogP) is 4.34. The molecule has 1 heterocycles. The molecule has 3 nitrogen and oxygen atoms in total. The number of halogens is 1. The molecule has 0 saturated carbocycles. The van der Waals surface area contributed by atoms with Gasteiger partial charge in [0.15, 0.2) is 8.68 Å². The number of aromatic nitrogens is 2. The zero-order valence-electron chi connectivity index (χ0n) is 11.3. The molecule has 20 heavy (non-hydrogen) atoms. The summed E-state index contributed by atoms with van der Waals surface area (Å²) in [5.74, 6) is 0. The normalized spacial score (nSPS) is 12.6. The van der Waals surface area contributed by atoms with Crippen LogP contribution in [-0.2, 0) is 6.42 Å². The van der Waals surface area contributed by atoms with Gasteiger partial charge >= 0.3 is 0 Å². The van der Waals surface area contributed by atoms with E-state index >= 15 is 0 Å². The minimum absolute atomic E-state index is 0.130. The highest BCUT2D eigenvalue weighted by Gasteiger charge is 2.13. The van der Waals surface area contributed by atoms with Gasteiger partial charge in [-0.3, -0.25) is 0 Å². The molecule has 0 amide bonds. The molecular formula is C13H16ClN3S3. The van der Waals surface area contributed by atoms with E-state index in [1.54, 1.807) is 34.9 Å². The van der Waals surface area contributed by atoms with Gasteiger partial charge in [-0.15, -0.1) is 10.2 Å². The smallest absolute Gasteiger partial charge is 0.179 e. The highest BCUT2D eigenvalue weighted by Crippen LogP contribution is 2.37. The van der Waals surface area contributed by atoms with Gasteiger partial charge < -0.3 is 5.73 Å². The third-order valence-electron chi connectivity index (χ3n) is 2.83. The van der Waals surface area contributed by atoms with Crippen molar-refractivity contribution in [2.24, 2.45) is 5.73 Å². The highest BCUT2D eigenvalue weighted by atomic mass is 35.5. The molecule has 0 spiro atoms. The van der Waals surface area contributed by atoms with Crippen molar-refractivity contribution in [3.63, 3.8) is 0 Å². The maximum absolute atomic E-state index is 6.32. The van der Waals surface area contributed by atoms with E-state index in [9.17, 15) is 0 Å². The van der Waals surface area contributed by atoms with Crippen LogP contribution in [-0.4, -0.2) is 22.5 Å². The van der Waals surface area contributed by atoms with Gasteiger partial charge in [-0.1, -0.05) is 59.5 Å². The Bertz CT molecular complexity index is 574. The number of rotatable bonds is 6. The van der Waals surface area contributed by atoms with Crippen LogP contribution in [0.15, 0.2) is 31.8 Å². The van der Waals surface area contributed by atoms with E-state index in [1.165, 1.54) is 0 Å². The van der Waals surface area contributed by atoms with Gasteiger partial charge in [-0.2, -0.15) is 0 Å². The third-order valence-corrected chi connectivity index (χ3v) is 6.23. The van der Waals surface area contributed by atoms with Crippen LogP contribution in [0.4, 0.5) is 0 Å². The molecule has 0 aliphatic rings. The van der Waals surface area contributed by atoms with Crippen molar-refractivity contribution in [1.82, 2.24) is 10.2 Å². The summed E-state index contributed by atoms with van der Waals surface area (Å²) < 4.78 is 1.91. The molecule has 0 radical (unpaired) electrons. The quantitative estimate of drug-likeness (QED) is 0.789. The Morgan fingerprint density at radius 1 is 1.35 bits per heavy atom. The SMILES string of the molecule is CCC(N)Cc1c(Cl)cccc1Sc1nnc(SC)s1. The molecule has 2 rings (SSSR count). The van der Waals surface area contributed by atoms with Gasteiger partial charge in [-0.05, 0) is 36.8 Å². The standard InChI is InChI=1S/C13H16ClN3S3/c1-3-8(15)7-9-10(14)5-4-6-11(9)19-13-17-16-12(18-2)20-13/h4-6,8H,3,7,15H2,1-2H3. The Morgan fingerprint density at radius 3 is 2.75 bits per heavy atom. The van der Waals surface area contributed by atoms with E-state index in [4.69, 9.17) is 17.3 Å². The average Bonchev–Trinajstić information content (AvgIpc) is 2.90. The molecule has 1 unspecified atom stereocenters. The van der Waals surface area contributed by atoms with Crippen molar-refractivity contribution in [3.05, 3.63) is 28.8 Å². The van der Waals surface area contributed by atoms with Crippen LogP contribution in [0.1, 0.15) is 18.9 Å². The van der Waals surface area contributed by atoms with Gasteiger partial charge in [-0.25, -0.2) is 0 Å². The van der Waals surface area contributed by atoms with Gasteiger partial charge in [0.25, 0.3) is 0 Å². The average molecular weight is 346 g/mol. The van der Waals surface area contributed by atoms with Crippen molar-refractivity contribution >= 4 is 46.5 Å². The lowest BCUT2D eigenvalue weighted by molar-refractivity contribution is 0.641. The van der Waals surface area contributed by atoms with Crippen molar-refractivity contribution < 1.29 is 0 Å². The number of nitrogens with two attached hydrogens (primary N) is 1. The van der Waals surface area contributed by atoms with Crippen LogP contribution in [0.25, 0.3) is 0 Å². The first-order chi connectivity index (χ1) is 9.63. The number of benzene rings is 1. The topological polar surface area (TPSA) is 51.8 Å². The summed E-state index contributed by atoms with van der Waals surface area (Å²) in [5.41, 5.74) is 7.17. The van der Waals surface area contributed by atoms with Crippen molar-refractivity contribution in [2.45, 2.75) is 39.4 Å². The Balaban J connectivity index is 2.24. The summed E-state index contributed by atoms with van der Waals surface area (Å²) in [4.78, 5) is 1.12. The molecule has 0 aliphatic heterocycles. The van der Waals surface area contributed by atoms with E-state index in [0.29, 0.717) is 0 Å². The monoisotopic (exact) mass is 345 g/mol. The summed E-state index contributed by atoms with van der Waals surface area (Å²) in [6.07, 6.45) is 3.72. The molecule has 0 aliphatic carbocycles. The lowest BCUT2D eigenvalue weighted by Crippen LogP contribution is -2.21. The second-order valence-corrected chi connectivity index (χ2v) is 7.96. The number of thioether (sulfide) groups is 1. The first-order valence-corrected chi connectivity index (χ1v) is 9.46. The van der Waals surface area contributed by atoms with Gasteiger partial charge in [0, 0.05) is 16.0 Å². The fourth-order valence-electron chi connectivity index (χ4n) is 1.65. The van der Waals surface area contributed by atoms with Crippen LogP contribution in [0.2, 0.25) is 5.02 Å². The van der Waals surface area contributed by atoms with E-state index in [1.807, 2.05) is 18.4 Å². The van der Waals surface area contributed by atoms with Gasteiger partial charge in [0.1, 0.15) is 0 Å². The van der Waals surface area contributed by atoms with Crippen molar-refractivity contribution in [1.29, 1.82) is 0 Å². The minimum Gasteiger partial charge on any atom is -0.327 e. The summed E-state index contributed by atoms with van der Waals surface area (Å²) in [6.45, 7) is 2.09. The van der Waals surface area contributed by atoms with Crippen LogP contribution in [0, 0.1) is 0 Å². The maximum atomic E-state index is 6.32. The molecule has 0 fully saturated rings.